The number of aromatic nitrogens is 2. The Morgan fingerprint density at radius 3 is 2.55 bits per heavy atom. The number of anilines is 1. The molecular weight excluding hydrogens is 517 g/mol. The number of rotatable bonds is 9. The van der Waals surface area contributed by atoms with E-state index in [4.69, 9.17) is 4.98 Å². The molecule has 1 aliphatic carbocycles. The Hall–Kier alpha value is -2.24. The van der Waals surface area contributed by atoms with Crippen LogP contribution in [-0.2, 0) is 46.9 Å². The zero-order valence-electron chi connectivity index (χ0n) is 21.8. The number of imidazole rings is 1. The minimum atomic E-state index is -4.21. The number of carbonyl (C=O) groups is 1. The van der Waals surface area contributed by atoms with Gasteiger partial charge in [0.15, 0.2) is 0 Å². The second-order valence-electron chi connectivity index (χ2n) is 10.9. The van der Waals surface area contributed by atoms with E-state index in [9.17, 15) is 27.3 Å². The van der Waals surface area contributed by atoms with E-state index >= 15 is 0 Å². The van der Waals surface area contributed by atoms with Crippen LogP contribution in [0.15, 0.2) is 24.3 Å². The van der Waals surface area contributed by atoms with Crippen LogP contribution >= 0.6 is 0 Å². The lowest BCUT2D eigenvalue weighted by atomic mass is 9.74. The fourth-order valence-corrected chi connectivity index (χ4v) is 7.40. The first kappa shape index (κ1) is 27.3. The van der Waals surface area contributed by atoms with Crippen molar-refractivity contribution >= 4 is 22.4 Å². The number of para-hydroxylation sites is 1. The van der Waals surface area contributed by atoms with Gasteiger partial charge in [0.1, 0.15) is 16.6 Å². The highest BCUT2D eigenvalue weighted by Gasteiger charge is 2.59. The third-order valence-electron chi connectivity index (χ3n) is 8.06. The lowest BCUT2D eigenvalue weighted by Gasteiger charge is -2.49. The number of alkyl halides is 3. The van der Waals surface area contributed by atoms with Gasteiger partial charge < -0.3 is 14.6 Å². The van der Waals surface area contributed by atoms with Gasteiger partial charge in [0.25, 0.3) is 0 Å². The second-order valence-corrected chi connectivity index (χ2v) is 13.1. The fourth-order valence-electron chi connectivity index (χ4n) is 6.18. The molecule has 1 fully saturated rings. The van der Waals surface area contributed by atoms with Gasteiger partial charge in [-0.05, 0) is 43.7 Å². The molecule has 2 aliphatic heterocycles. The molecule has 0 radical (unpaired) electrons. The number of fused-ring (bicyclic) bond motifs is 3. The monoisotopic (exact) mass is 552 g/mol. The second kappa shape index (κ2) is 10.4. The molecule has 5 rings (SSSR count). The summed E-state index contributed by atoms with van der Waals surface area (Å²) in [4.78, 5) is 22.5. The minimum absolute atomic E-state index is 0.0295. The number of nitrogens with zero attached hydrogens (tertiary/aromatic N) is 4. The highest BCUT2D eigenvalue weighted by molar-refractivity contribution is 7.86. The number of amides is 1. The topological polar surface area (TPSA) is 78.7 Å². The summed E-state index contributed by atoms with van der Waals surface area (Å²) >= 11 is 0. The Balaban J connectivity index is 1.41. The summed E-state index contributed by atoms with van der Waals surface area (Å²) in [5.41, 5.74) is 2.82. The van der Waals surface area contributed by atoms with Crippen molar-refractivity contribution in [3.05, 3.63) is 47.0 Å². The summed E-state index contributed by atoms with van der Waals surface area (Å²) in [6.07, 6.45) is -1.53. The molecule has 0 bridgehead atoms. The van der Waals surface area contributed by atoms with E-state index in [2.05, 4.69) is 0 Å². The van der Waals surface area contributed by atoms with Crippen LogP contribution in [0.4, 0.5) is 18.9 Å². The van der Waals surface area contributed by atoms with Crippen molar-refractivity contribution in [3.8, 4) is 0 Å². The average molecular weight is 553 g/mol. The largest absolute Gasteiger partial charge is 0.394 e. The number of hydrogen-bond acceptors (Lipinski definition) is 5. The van der Waals surface area contributed by atoms with Crippen LogP contribution < -0.4 is 4.90 Å². The molecule has 0 saturated carbocycles. The van der Waals surface area contributed by atoms with Gasteiger partial charge in [-0.15, -0.1) is 0 Å². The molecule has 2 unspecified atom stereocenters. The number of halogens is 3. The molecule has 3 aliphatic rings. The lowest BCUT2D eigenvalue weighted by molar-refractivity contribution is -0.136. The molecule has 3 heterocycles. The third kappa shape index (κ3) is 4.81. The molecule has 38 heavy (non-hydrogen) atoms. The van der Waals surface area contributed by atoms with Crippen LogP contribution in [0.1, 0.15) is 62.3 Å². The van der Waals surface area contributed by atoms with E-state index in [1.807, 2.05) is 47.6 Å². The van der Waals surface area contributed by atoms with Crippen molar-refractivity contribution in [1.29, 1.82) is 0 Å². The summed E-state index contributed by atoms with van der Waals surface area (Å²) < 4.78 is 53.3. The van der Waals surface area contributed by atoms with Gasteiger partial charge in [-0.2, -0.15) is 13.2 Å². The first-order chi connectivity index (χ1) is 18.1. The van der Waals surface area contributed by atoms with E-state index < -0.39 is 34.2 Å². The van der Waals surface area contributed by atoms with Crippen LogP contribution in [0.25, 0.3) is 0 Å². The molecule has 1 aromatic carbocycles. The quantitative estimate of drug-likeness (QED) is 0.514. The number of benzene rings is 1. The maximum Gasteiger partial charge on any atom is 0.389 e. The summed E-state index contributed by atoms with van der Waals surface area (Å²) in [6.45, 7) is 4.59. The number of aliphatic hydroxyl groups excluding tert-OH is 1. The number of aliphatic hydroxyl groups is 1. The Morgan fingerprint density at radius 2 is 1.87 bits per heavy atom. The normalized spacial score (nSPS) is 20.5. The van der Waals surface area contributed by atoms with Crippen molar-refractivity contribution in [2.45, 2.75) is 87.7 Å². The van der Waals surface area contributed by atoms with Gasteiger partial charge in [0.05, 0.1) is 18.8 Å². The molecule has 2 atom stereocenters. The number of hydrogen-bond donors (Lipinski definition) is 1. The zero-order chi connectivity index (χ0) is 27.2. The molecule has 1 spiro atoms. The molecule has 1 aromatic heterocycles. The summed E-state index contributed by atoms with van der Waals surface area (Å²) in [5.74, 6) is 0.550. The maximum absolute atomic E-state index is 14.0. The Kier molecular flexibility index (Phi) is 7.47. The van der Waals surface area contributed by atoms with Gasteiger partial charge in [-0.1, -0.05) is 32.0 Å². The Bertz CT molecular complexity index is 1220. The predicted molar refractivity (Wildman–Crippen MR) is 139 cm³/mol. The first-order valence-electron chi connectivity index (χ1n) is 13.4. The van der Waals surface area contributed by atoms with Crippen LogP contribution in [0.2, 0.25) is 0 Å². The van der Waals surface area contributed by atoms with Gasteiger partial charge in [0, 0.05) is 53.5 Å². The molecule has 1 saturated heterocycles. The summed E-state index contributed by atoms with van der Waals surface area (Å²) in [5, 5.41) is 9.29. The highest BCUT2D eigenvalue weighted by atomic mass is 32.2. The highest BCUT2D eigenvalue weighted by Crippen LogP contribution is 2.48. The fraction of sp³-hybridized carbons (Fsp3) is 0.630. The number of aryl methyl sites for hydroxylation is 1. The molecule has 7 nitrogen and oxygen atoms in total. The first-order valence-corrected chi connectivity index (χ1v) is 14.6. The van der Waals surface area contributed by atoms with Gasteiger partial charge in [0.2, 0.25) is 5.91 Å². The summed E-state index contributed by atoms with van der Waals surface area (Å²) in [7, 11) is -1.27. The van der Waals surface area contributed by atoms with Gasteiger partial charge in [-0.3, -0.25) is 13.9 Å². The third-order valence-corrected chi connectivity index (χ3v) is 9.97. The molecule has 1 N–H and O–H groups in total. The lowest BCUT2D eigenvalue weighted by Crippen LogP contribution is -2.67. The molecule has 1 amide bonds. The van der Waals surface area contributed by atoms with E-state index in [0.717, 1.165) is 48.3 Å². The minimum Gasteiger partial charge on any atom is -0.394 e. The van der Waals surface area contributed by atoms with E-state index in [1.165, 1.54) is 0 Å². The molecule has 208 valence electrons. The van der Waals surface area contributed by atoms with E-state index in [1.54, 1.807) is 4.90 Å². The zero-order valence-corrected chi connectivity index (χ0v) is 22.7. The van der Waals surface area contributed by atoms with Crippen LogP contribution in [-0.4, -0.2) is 66.2 Å². The number of likely N-dealkylation sites (tertiary alicyclic amines) is 1. The van der Waals surface area contributed by atoms with Crippen molar-refractivity contribution in [3.63, 3.8) is 0 Å². The van der Waals surface area contributed by atoms with Crippen LogP contribution in [0.5, 0.6) is 0 Å². The molecule has 11 heteroatoms. The number of carbonyl (C=O) groups excluding carboxylic acids is 1. The van der Waals surface area contributed by atoms with Gasteiger partial charge >= 0.3 is 6.18 Å². The predicted octanol–water partition coefficient (Wildman–Crippen LogP) is 3.68. The van der Waals surface area contributed by atoms with Crippen LogP contribution in [0, 0.1) is 0 Å². The molecule has 2 aromatic rings. The van der Waals surface area contributed by atoms with Crippen LogP contribution in [0.3, 0.4) is 0 Å². The van der Waals surface area contributed by atoms with Crippen molar-refractivity contribution in [2.75, 3.05) is 24.6 Å². The SMILES string of the molecule is CC(C)S(=O)C(CO)N1CC2(C1)C(=O)N(Cc1nc3c(n1CCCC(F)(F)F)CCCC3)c1ccccc12. The van der Waals surface area contributed by atoms with Crippen molar-refractivity contribution in [2.24, 2.45) is 0 Å². The smallest absolute Gasteiger partial charge is 0.389 e. The van der Waals surface area contributed by atoms with Gasteiger partial charge in [-0.25, -0.2) is 4.98 Å². The Labute approximate surface area is 223 Å². The maximum atomic E-state index is 14.0. The van der Waals surface area contributed by atoms with Crippen molar-refractivity contribution < 1.29 is 27.3 Å². The standard InChI is InChI=1S/C27H35F3N4O3S/c1-18(2)38(37)24(15-35)32-16-26(17-32)19-8-3-5-10-21(19)34(25(26)36)14-23-31-20-9-4-6-11-22(20)33(23)13-7-12-27(28,29)30/h3,5,8,10,18,24,35H,4,6-7,9,11-17H2,1-2H3. The average Bonchev–Trinajstić information content (AvgIpc) is 3.31. The molecular formula is C27H35F3N4O3S. The Morgan fingerprint density at radius 1 is 1.16 bits per heavy atom. The van der Waals surface area contributed by atoms with E-state index in [0.29, 0.717) is 18.9 Å². The van der Waals surface area contributed by atoms with Crippen molar-refractivity contribution in [1.82, 2.24) is 14.5 Å². The summed E-state index contributed by atoms with van der Waals surface area (Å²) in [6, 6.07) is 7.61. The van der Waals surface area contributed by atoms with E-state index in [-0.39, 0.29) is 37.3 Å².